The van der Waals surface area contributed by atoms with Crippen LogP contribution in [-0.4, -0.2) is 48.6 Å². The van der Waals surface area contributed by atoms with Crippen molar-refractivity contribution >= 4 is 32.8 Å². The smallest absolute Gasteiger partial charge is 0.243 e. The van der Waals surface area contributed by atoms with Crippen molar-refractivity contribution in [1.29, 1.82) is 0 Å². The highest BCUT2D eigenvalue weighted by atomic mass is 32.2. The van der Waals surface area contributed by atoms with Gasteiger partial charge in [-0.2, -0.15) is 4.31 Å². The Morgan fingerprint density at radius 1 is 1.13 bits per heavy atom. The quantitative estimate of drug-likeness (QED) is 0.513. The van der Waals surface area contributed by atoms with E-state index in [9.17, 15) is 8.42 Å². The lowest BCUT2D eigenvalue weighted by atomic mass is 10.2. The average molecular weight is 446 g/mol. The molecular formula is C22H27N3O3S2. The summed E-state index contributed by atoms with van der Waals surface area (Å²) in [4.78, 5) is 6.37. The van der Waals surface area contributed by atoms with Crippen LogP contribution >= 0.6 is 11.8 Å². The summed E-state index contributed by atoms with van der Waals surface area (Å²) in [6.45, 7) is 6.77. The van der Waals surface area contributed by atoms with Crippen LogP contribution in [0.3, 0.4) is 0 Å². The summed E-state index contributed by atoms with van der Waals surface area (Å²) in [5.74, 6) is 1.71. The van der Waals surface area contributed by atoms with E-state index >= 15 is 0 Å². The molecule has 1 aromatic heterocycles. The third-order valence-electron chi connectivity index (χ3n) is 5.30. The largest absolute Gasteiger partial charge is 0.379 e. The molecular weight excluding hydrogens is 418 g/mol. The van der Waals surface area contributed by atoms with Crippen molar-refractivity contribution in [1.82, 2.24) is 13.9 Å². The van der Waals surface area contributed by atoms with Crippen molar-refractivity contribution in [2.75, 3.05) is 26.3 Å². The van der Waals surface area contributed by atoms with Gasteiger partial charge in [0.25, 0.3) is 0 Å². The van der Waals surface area contributed by atoms with Gasteiger partial charge in [-0.15, -0.1) is 11.8 Å². The zero-order chi connectivity index (χ0) is 21.1. The number of thioether (sulfide) groups is 1. The summed E-state index contributed by atoms with van der Waals surface area (Å²) in [7, 11) is -3.53. The topological polar surface area (TPSA) is 64.4 Å². The first kappa shape index (κ1) is 21.4. The molecule has 0 saturated carbocycles. The molecule has 0 amide bonds. The highest BCUT2D eigenvalue weighted by Crippen LogP contribution is 2.29. The molecule has 160 valence electrons. The van der Waals surface area contributed by atoms with Crippen molar-refractivity contribution < 1.29 is 13.2 Å². The predicted octanol–water partition coefficient (Wildman–Crippen LogP) is 4.07. The summed E-state index contributed by atoms with van der Waals surface area (Å²) in [6.07, 6.45) is 0.987. The fourth-order valence-corrected chi connectivity index (χ4v) is 6.10. The normalized spacial score (nSPS) is 15.7. The molecule has 2 heterocycles. The van der Waals surface area contributed by atoms with Crippen LogP contribution in [0.25, 0.3) is 11.0 Å². The Labute approximate surface area is 182 Å². The summed E-state index contributed by atoms with van der Waals surface area (Å²) in [5.41, 5.74) is 2.97. The van der Waals surface area contributed by atoms with E-state index in [1.165, 1.54) is 14.8 Å². The number of rotatable bonds is 7. The van der Waals surface area contributed by atoms with Crippen molar-refractivity contribution in [3.8, 4) is 0 Å². The lowest BCUT2D eigenvalue weighted by Gasteiger charge is -2.26. The van der Waals surface area contributed by atoms with Gasteiger partial charge < -0.3 is 9.30 Å². The Balaban J connectivity index is 1.66. The molecule has 2 aromatic carbocycles. The van der Waals surface area contributed by atoms with E-state index in [1.54, 1.807) is 23.9 Å². The number of aromatic nitrogens is 2. The SMILES string of the molecule is CCCn1c(CSc2ccccc2C)nc2cc(S(=O)(=O)N3CCOCC3)ccc21. The number of aryl methyl sites for hydroxylation is 2. The van der Waals surface area contributed by atoms with Gasteiger partial charge >= 0.3 is 0 Å². The van der Waals surface area contributed by atoms with E-state index in [0.717, 1.165) is 35.6 Å². The first-order valence-corrected chi connectivity index (χ1v) is 12.7. The first-order chi connectivity index (χ1) is 14.5. The fourth-order valence-electron chi connectivity index (χ4n) is 3.70. The number of ether oxygens (including phenoxy) is 1. The van der Waals surface area contributed by atoms with Crippen LogP contribution in [0.5, 0.6) is 0 Å². The molecule has 0 N–H and O–H groups in total. The van der Waals surface area contributed by atoms with Crippen LogP contribution in [0.1, 0.15) is 24.7 Å². The van der Waals surface area contributed by atoms with Crippen LogP contribution in [0.4, 0.5) is 0 Å². The van der Waals surface area contributed by atoms with Gasteiger partial charge in [-0.3, -0.25) is 0 Å². The van der Waals surface area contributed by atoms with Gasteiger partial charge in [0, 0.05) is 24.5 Å². The Hall–Kier alpha value is -1.87. The maximum Gasteiger partial charge on any atom is 0.243 e. The minimum atomic E-state index is -3.53. The summed E-state index contributed by atoms with van der Waals surface area (Å²) in [5, 5.41) is 0. The number of imidazole rings is 1. The van der Waals surface area contributed by atoms with Crippen LogP contribution < -0.4 is 0 Å². The lowest BCUT2D eigenvalue weighted by molar-refractivity contribution is 0.0730. The van der Waals surface area contributed by atoms with Crippen molar-refractivity contribution in [2.45, 2.75) is 42.4 Å². The lowest BCUT2D eigenvalue weighted by Crippen LogP contribution is -2.40. The molecule has 1 aliphatic rings. The zero-order valence-corrected chi connectivity index (χ0v) is 19.0. The van der Waals surface area contributed by atoms with Crippen molar-refractivity contribution in [2.24, 2.45) is 0 Å². The molecule has 6 nitrogen and oxygen atoms in total. The molecule has 4 rings (SSSR count). The number of hydrogen-bond acceptors (Lipinski definition) is 5. The van der Waals surface area contributed by atoms with Gasteiger partial charge in [0.2, 0.25) is 10.0 Å². The third kappa shape index (κ3) is 4.27. The van der Waals surface area contributed by atoms with Crippen LogP contribution in [0.15, 0.2) is 52.3 Å². The Morgan fingerprint density at radius 2 is 1.90 bits per heavy atom. The molecule has 0 aliphatic carbocycles. The van der Waals surface area contributed by atoms with Crippen LogP contribution in [-0.2, 0) is 27.1 Å². The second-order valence-corrected chi connectivity index (χ2v) is 10.4. The van der Waals surface area contributed by atoms with Crippen LogP contribution in [0, 0.1) is 6.92 Å². The Morgan fingerprint density at radius 3 is 2.63 bits per heavy atom. The van der Waals surface area contributed by atoms with E-state index < -0.39 is 10.0 Å². The van der Waals surface area contributed by atoms with Gasteiger partial charge in [-0.1, -0.05) is 25.1 Å². The first-order valence-electron chi connectivity index (χ1n) is 10.3. The van der Waals surface area contributed by atoms with Gasteiger partial charge in [0.15, 0.2) is 0 Å². The van der Waals surface area contributed by atoms with Gasteiger partial charge in [-0.05, 0) is 43.2 Å². The number of fused-ring (bicyclic) bond motifs is 1. The second kappa shape index (κ2) is 9.09. The number of hydrogen-bond donors (Lipinski definition) is 0. The second-order valence-electron chi connectivity index (χ2n) is 7.40. The predicted molar refractivity (Wildman–Crippen MR) is 120 cm³/mol. The summed E-state index contributed by atoms with van der Waals surface area (Å²) < 4.78 is 35.1. The van der Waals surface area contributed by atoms with Gasteiger partial charge in [0.1, 0.15) is 5.82 Å². The summed E-state index contributed by atoms with van der Waals surface area (Å²) >= 11 is 1.76. The molecule has 8 heteroatoms. The molecule has 30 heavy (non-hydrogen) atoms. The van der Waals surface area contributed by atoms with Crippen LogP contribution in [0.2, 0.25) is 0 Å². The molecule has 0 atom stereocenters. The zero-order valence-electron chi connectivity index (χ0n) is 17.4. The molecule has 0 spiro atoms. The molecule has 3 aromatic rings. The molecule has 0 unspecified atom stereocenters. The molecule has 0 bridgehead atoms. The average Bonchev–Trinajstić information content (AvgIpc) is 3.11. The fraction of sp³-hybridized carbons (Fsp3) is 0.409. The minimum Gasteiger partial charge on any atom is -0.379 e. The maximum atomic E-state index is 13.0. The highest BCUT2D eigenvalue weighted by Gasteiger charge is 2.27. The van der Waals surface area contributed by atoms with E-state index in [-0.39, 0.29) is 0 Å². The number of morpholine rings is 1. The molecule has 1 fully saturated rings. The van der Waals surface area contributed by atoms with Gasteiger partial charge in [-0.25, -0.2) is 13.4 Å². The molecule has 1 aliphatic heterocycles. The van der Waals surface area contributed by atoms with E-state index in [1.807, 2.05) is 18.2 Å². The highest BCUT2D eigenvalue weighted by molar-refractivity contribution is 7.98. The Bertz CT molecular complexity index is 1140. The maximum absolute atomic E-state index is 13.0. The van der Waals surface area contributed by atoms with E-state index in [2.05, 4.69) is 30.5 Å². The van der Waals surface area contributed by atoms with E-state index in [0.29, 0.717) is 31.2 Å². The number of benzene rings is 2. The standard InChI is InChI=1S/C22H27N3O3S2/c1-3-10-25-20-9-8-18(30(26,27)24-11-13-28-14-12-24)15-19(20)23-22(25)16-29-21-7-5-4-6-17(21)2/h4-9,15H,3,10-14,16H2,1-2H3. The van der Waals surface area contributed by atoms with Crippen molar-refractivity contribution in [3.05, 3.63) is 53.9 Å². The summed E-state index contributed by atoms with van der Waals surface area (Å²) in [6, 6.07) is 13.6. The third-order valence-corrected chi connectivity index (χ3v) is 8.37. The van der Waals surface area contributed by atoms with Crippen molar-refractivity contribution in [3.63, 3.8) is 0 Å². The monoisotopic (exact) mass is 445 g/mol. The minimum absolute atomic E-state index is 0.302. The van der Waals surface area contributed by atoms with E-state index in [4.69, 9.17) is 9.72 Å². The molecule has 0 radical (unpaired) electrons. The molecule has 1 saturated heterocycles. The van der Waals surface area contributed by atoms with Gasteiger partial charge in [0.05, 0.1) is 34.9 Å². The number of sulfonamides is 1. The number of nitrogens with zero attached hydrogens (tertiary/aromatic N) is 3. The Kier molecular flexibility index (Phi) is 6.48.